The predicted octanol–water partition coefficient (Wildman–Crippen LogP) is 2.23. The zero-order chi connectivity index (χ0) is 13.4. The van der Waals surface area contributed by atoms with E-state index in [1.54, 1.807) is 13.3 Å². The van der Waals surface area contributed by atoms with Crippen LogP contribution in [0.2, 0.25) is 0 Å². The van der Waals surface area contributed by atoms with Crippen LogP contribution >= 0.6 is 0 Å². The highest BCUT2D eigenvalue weighted by Crippen LogP contribution is 2.12. The maximum Gasteiger partial charge on any atom is 0.153 e. The van der Waals surface area contributed by atoms with Crippen molar-refractivity contribution in [2.75, 3.05) is 20.1 Å². The summed E-state index contributed by atoms with van der Waals surface area (Å²) in [7, 11) is 1.65. The van der Waals surface area contributed by atoms with Crippen LogP contribution in [0, 0.1) is 0 Å². The lowest BCUT2D eigenvalue weighted by Crippen LogP contribution is -2.26. The molecule has 1 saturated heterocycles. The van der Waals surface area contributed by atoms with Crippen LogP contribution < -0.4 is 0 Å². The van der Waals surface area contributed by atoms with Crippen molar-refractivity contribution in [2.24, 2.45) is 9.98 Å². The van der Waals surface area contributed by atoms with E-state index in [1.165, 1.54) is 12.8 Å². The van der Waals surface area contributed by atoms with Crippen LogP contribution in [0.5, 0.6) is 0 Å². The third kappa shape index (κ3) is 3.95. The van der Waals surface area contributed by atoms with Gasteiger partial charge in [0.25, 0.3) is 0 Å². The monoisotopic (exact) mass is 247 g/mol. The van der Waals surface area contributed by atoms with Crippen LogP contribution in [0.15, 0.2) is 33.4 Å². The van der Waals surface area contributed by atoms with Crippen LogP contribution in [0.1, 0.15) is 26.7 Å². The average molecular weight is 247 g/mol. The summed E-state index contributed by atoms with van der Waals surface area (Å²) < 4.78 is 0. The van der Waals surface area contributed by atoms with Crippen molar-refractivity contribution in [3.05, 3.63) is 23.4 Å². The Bertz CT molecular complexity index is 399. The van der Waals surface area contributed by atoms with Gasteiger partial charge in [-0.2, -0.15) is 0 Å². The second-order valence-electron chi connectivity index (χ2n) is 4.21. The Morgan fingerprint density at radius 3 is 2.44 bits per heavy atom. The smallest absolute Gasteiger partial charge is 0.153 e. The number of carbonyl (C=O) groups is 1. The van der Waals surface area contributed by atoms with Crippen molar-refractivity contribution in [1.29, 1.82) is 0 Å². The summed E-state index contributed by atoms with van der Waals surface area (Å²) in [4.78, 5) is 21.6. The molecule has 98 valence electrons. The predicted molar refractivity (Wildman–Crippen MR) is 76.2 cm³/mol. The first-order valence-corrected chi connectivity index (χ1v) is 6.27. The van der Waals surface area contributed by atoms with Gasteiger partial charge in [0.2, 0.25) is 0 Å². The number of amidine groups is 1. The van der Waals surface area contributed by atoms with Gasteiger partial charge in [0.15, 0.2) is 6.29 Å². The Hall–Kier alpha value is -1.71. The number of allylic oxidation sites excluding steroid dienone is 3. The fraction of sp³-hybridized carbons (Fsp3) is 0.500. The number of aliphatic imine (C=N–C) groups is 2. The van der Waals surface area contributed by atoms with Gasteiger partial charge in [-0.25, -0.2) is 4.99 Å². The zero-order valence-corrected chi connectivity index (χ0v) is 11.4. The highest BCUT2D eigenvalue weighted by atomic mass is 16.1. The van der Waals surface area contributed by atoms with Crippen molar-refractivity contribution < 1.29 is 4.79 Å². The van der Waals surface area contributed by atoms with Crippen LogP contribution in [-0.2, 0) is 4.79 Å². The molecular weight excluding hydrogens is 226 g/mol. The average Bonchev–Trinajstić information content (AvgIpc) is 2.89. The molecule has 1 heterocycles. The third-order valence-corrected chi connectivity index (χ3v) is 2.84. The van der Waals surface area contributed by atoms with Gasteiger partial charge in [0.1, 0.15) is 5.84 Å². The molecule has 0 bridgehead atoms. The largest absolute Gasteiger partial charge is 0.357 e. The van der Waals surface area contributed by atoms with E-state index in [2.05, 4.69) is 14.9 Å². The molecule has 18 heavy (non-hydrogen) atoms. The van der Waals surface area contributed by atoms with Gasteiger partial charge in [-0.1, -0.05) is 6.08 Å². The summed E-state index contributed by atoms with van der Waals surface area (Å²) in [6.45, 7) is 5.88. The molecule has 0 amide bonds. The molecule has 0 saturated carbocycles. The number of likely N-dealkylation sites (tertiary alicyclic amines) is 1. The van der Waals surface area contributed by atoms with E-state index >= 15 is 0 Å². The quantitative estimate of drug-likeness (QED) is 0.331. The molecule has 1 aliphatic rings. The molecular formula is C14H21N3O. The molecule has 0 atom stereocenters. The van der Waals surface area contributed by atoms with Crippen molar-refractivity contribution in [3.63, 3.8) is 0 Å². The molecule has 0 aromatic heterocycles. The normalized spacial score (nSPS) is 18.8. The van der Waals surface area contributed by atoms with E-state index in [-0.39, 0.29) is 0 Å². The van der Waals surface area contributed by atoms with Gasteiger partial charge >= 0.3 is 0 Å². The molecule has 1 rings (SSSR count). The van der Waals surface area contributed by atoms with E-state index in [1.807, 2.05) is 26.0 Å². The van der Waals surface area contributed by atoms with Crippen LogP contribution in [-0.4, -0.2) is 43.4 Å². The number of rotatable bonds is 4. The van der Waals surface area contributed by atoms with Gasteiger partial charge in [-0.05, 0) is 32.8 Å². The number of aldehydes is 1. The van der Waals surface area contributed by atoms with Crippen molar-refractivity contribution >= 4 is 18.3 Å². The van der Waals surface area contributed by atoms with Gasteiger partial charge in [-0.3, -0.25) is 9.79 Å². The minimum absolute atomic E-state index is 0.527. The molecule has 4 heteroatoms. The minimum Gasteiger partial charge on any atom is -0.357 e. The van der Waals surface area contributed by atoms with Gasteiger partial charge in [-0.15, -0.1) is 0 Å². The number of nitrogens with zero attached hydrogens (tertiary/aromatic N) is 3. The Labute approximate surface area is 109 Å². The summed E-state index contributed by atoms with van der Waals surface area (Å²) in [5.41, 5.74) is 1.23. The number of carbonyl (C=O) groups excluding carboxylic acids is 1. The van der Waals surface area contributed by atoms with E-state index in [9.17, 15) is 4.79 Å². The molecule has 0 radical (unpaired) electrons. The summed E-state index contributed by atoms with van der Waals surface area (Å²) in [6.07, 6.45) is 8.71. The van der Waals surface area contributed by atoms with E-state index in [0.717, 1.165) is 25.2 Å². The van der Waals surface area contributed by atoms with Crippen LogP contribution in [0.3, 0.4) is 0 Å². The first-order valence-electron chi connectivity index (χ1n) is 6.27. The fourth-order valence-electron chi connectivity index (χ4n) is 1.89. The molecule has 0 aliphatic carbocycles. The Balaban J connectivity index is 3.03. The second kappa shape index (κ2) is 7.58. The summed E-state index contributed by atoms with van der Waals surface area (Å²) >= 11 is 0. The summed E-state index contributed by atoms with van der Waals surface area (Å²) in [5.74, 6) is 0.927. The topological polar surface area (TPSA) is 45.0 Å². The Kier molecular flexibility index (Phi) is 6.05. The lowest BCUT2D eigenvalue weighted by molar-refractivity contribution is -0.104. The molecule has 0 N–H and O–H groups in total. The molecule has 0 aromatic rings. The molecule has 4 nitrogen and oxygen atoms in total. The zero-order valence-electron chi connectivity index (χ0n) is 11.4. The van der Waals surface area contributed by atoms with Gasteiger partial charge < -0.3 is 4.90 Å². The summed E-state index contributed by atoms with van der Waals surface area (Å²) in [5, 5.41) is 0. The second-order valence-corrected chi connectivity index (χ2v) is 4.21. The van der Waals surface area contributed by atoms with E-state index < -0.39 is 0 Å². The SMILES string of the molecule is C\C=C/C(=N\C(C)=C(C=O)\C=N/C)N1CCCC1. The lowest BCUT2D eigenvalue weighted by Gasteiger charge is -2.17. The van der Waals surface area contributed by atoms with Crippen molar-refractivity contribution in [3.8, 4) is 0 Å². The lowest BCUT2D eigenvalue weighted by atomic mass is 10.2. The van der Waals surface area contributed by atoms with Crippen LogP contribution in [0.4, 0.5) is 0 Å². The molecule has 0 spiro atoms. The highest BCUT2D eigenvalue weighted by molar-refractivity contribution is 6.03. The van der Waals surface area contributed by atoms with Crippen molar-refractivity contribution in [1.82, 2.24) is 4.90 Å². The van der Waals surface area contributed by atoms with Gasteiger partial charge in [0.05, 0.1) is 11.3 Å². The van der Waals surface area contributed by atoms with E-state index in [4.69, 9.17) is 0 Å². The highest BCUT2D eigenvalue weighted by Gasteiger charge is 2.14. The standard InChI is InChI=1S/C14H21N3O/c1-4-7-14(17-8-5-6-9-17)16-12(2)13(11-18)10-15-3/h4,7,10-11H,5-6,8-9H2,1-3H3/b7-4-,13-12-,15-10-,16-14+. The van der Waals surface area contributed by atoms with Crippen LogP contribution in [0.25, 0.3) is 0 Å². The minimum atomic E-state index is 0.527. The molecule has 0 aromatic carbocycles. The Morgan fingerprint density at radius 1 is 1.28 bits per heavy atom. The van der Waals surface area contributed by atoms with E-state index in [0.29, 0.717) is 11.3 Å². The van der Waals surface area contributed by atoms with Gasteiger partial charge in [0, 0.05) is 26.4 Å². The molecule has 1 fully saturated rings. The maximum atomic E-state index is 10.9. The van der Waals surface area contributed by atoms with Crippen molar-refractivity contribution in [2.45, 2.75) is 26.7 Å². The maximum absolute atomic E-state index is 10.9. The summed E-state index contributed by atoms with van der Waals surface area (Å²) in [6, 6.07) is 0. The molecule has 0 unspecified atom stereocenters. The first-order chi connectivity index (χ1) is 8.72. The number of hydrogen-bond donors (Lipinski definition) is 0. The molecule has 1 aliphatic heterocycles. The first kappa shape index (κ1) is 14.4. The fourth-order valence-corrected chi connectivity index (χ4v) is 1.89. The third-order valence-electron chi connectivity index (χ3n) is 2.84. The Morgan fingerprint density at radius 2 is 1.94 bits per heavy atom. The number of hydrogen-bond acceptors (Lipinski definition) is 3.